The molecule has 5 nitrogen and oxygen atoms in total. The van der Waals surface area contributed by atoms with E-state index >= 15 is 0 Å². The number of ether oxygens (including phenoxy) is 2. The fourth-order valence-corrected chi connectivity index (χ4v) is 5.67. The molecule has 2 fully saturated rings. The summed E-state index contributed by atoms with van der Waals surface area (Å²) in [5, 5.41) is 1.91. The first-order chi connectivity index (χ1) is 14.0. The second kappa shape index (κ2) is 8.66. The third kappa shape index (κ3) is 4.05. The highest BCUT2D eigenvalue weighted by molar-refractivity contribution is 6.32. The van der Waals surface area contributed by atoms with Crippen molar-refractivity contribution >= 4 is 22.4 Å². The molecule has 0 radical (unpaired) electrons. The predicted molar refractivity (Wildman–Crippen MR) is 117 cm³/mol. The highest BCUT2D eigenvalue weighted by Crippen LogP contribution is 2.49. The molecule has 0 amide bonds. The van der Waals surface area contributed by atoms with Crippen molar-refractivity contribution in [2.45, 2.75) is 64.0 Å². The first-order valence-electron chi connectivity index (χ1n) is 10.8. The quantitative estimate of drug-likeness (QED) is 0.740. The van der Waals surface area contributed by atoms with Crippen molar-refractivity contribution in [3.63, 3.8) is 0 Å². The second-order valence-corrected chi connectivity index (χ2v) is 9.04. The third-order valence-corrected chi connectivity index (χ3v) is 7.49. The maximum atomic E-state index is 12.0. The van der Waals surface area contributed by atoms with Crippen molar-refractivity contribution in [2.75, 3.05) is 13.2 Å². The van der Waals surface area contributed by atoms with Gasteiger partial charge in [-0.1, -0.05) is 18.5 Å². The minimum absolute atomic E-state index is 0.129. The lowest BCUT2D eigenvalue weighted by molar-refractivity contribution is -0.0398. The van der Waals surface area contributed by atoms with Gasteiger partial charge in [0.05, 0.1) is 11.1 Å². The Bertz CT molecular complexity index is 899. The zero-order valence-corrected chi connectivity index (χ0v) is 17.8. The van der Waals surface area contributed by atoms with Gasteiger partial charge in [-0.25, -0.2) is 0 Å². The summed E-state index contributed by atoms with van der Waals surface area (Å²) in [7, 11) is 0. The molecular weight excluding hydrogens is 388 g/mol. The van der Waals surface area contributed by atoms with Crippen LogP contribution in [0.4, 0.5) is 0 Å². The number of fused-ring (bicyclic) bond motifs is 1. The summed E-state index contributed by atoms with van der Waals surface area (Å²) < 4.78 is 11.9. The fraction of sp³-hybridized carbons (Fsp3) is 0.609. The van der Waals surface area contributed by atoms with E-state index in [1.54, 1.807) is 12.3 Å². The molecule has 0 bridgehead atoms. The lowest BCUT2D eigenvalue weighted by atomic mass is 9.59. The number of rotatable bonds is 5. The topological polar surface area (TPSA) is 77.3 Å². The molecule has 158 valence electrons. The molecule has 0 spiro atoms. The average molecular weight is 419 g/mol. The van der Waals surface area contributed by atoms with Crippen LogP contribution in [0.1, 0.15) is 51.9 Å². The summed E-state index contributed by atoms with van der Waals surface area (Å²) in [4.78, 5) is 14.7. The van der Waals surface area contributed by atoms with Gasteiger partial charge in [0.1, 0.15) is 5.75 Å². The molecule has 1 atom stereocenters. The SMILES string of the molecule is CC[C@@H](N)[C@]1(C2CCOCC2)CC[C@@H](Oc2cc3cc[nH]c(=O)c3cc2Cl)CC1. The summed E-state index contributed by atoms with van der Waals surface area (Å²) in [5.74, 6) is 1.30. The molecule has 1 saturated heterocycles. The maximum absolute atomic E-state index is 12.0. The van der Waals surface area contributed by atoms with Crippen LogP contribution < -0.4 is 16.0 Å². The Morgan fingerprint density at radius 1 is 1.28 bits per heavy atom. The number of nitrogens with two attached hydrogens (primary N) is 1. The van der Waals surface area contributed by atoms with E-state index in [4.69, 9.17) is 26.8 Å². The van der Waals surface area contributed by atoms with E-state index in [9.17, 15) is 4.79 Å². The van der Waals surface area contributed by atoms with Gasteiger partial charge in [-0.15, -0.1) is 0 Å². The van der Waals surface area contributed by atoms with Gasteiger partial charge >= 0.3 is 0 Å². The number of aromatic nitrogens is 1. The summed E-state index contributed by atoms with van der Waals surface area (Å²) in [6.45, 7) is 3.91. The number of hydrogen-bond acceptors (Lipinski definition) is 4. The Morgan fingerprint density at radius 2 is 2.00 bits per heavy atom. The van der Waals surface area contributed by atoms with Crippen LogP contribution in [-0.4, -0.2) is 30.3 Å². The largest absolute Gasteiger partial charge is 0.489 e. The molecular formula is C23H31ClN2O3. The highest BCUT2D eigenvalue weighted by Gasteiger charge is 2.46. The zero-order chi connectivity index (χ0) is 20.4. The zero-order valence-electron chi connectivity index (χ0n) is 17.1. The summed E-state index contributed by atoms with van der Waals surface area (Å²) in [6.07, 6.45) is 9.15. The van der Waals surface area contributed by atoms with Gasteiger partial charge in [0, 0.05) is 30.8 Å². The van der Waals surface area contributed by atoms with E-state index in [1.807, 2.05) is 12.1 Å². The first kappa shape index (κ1) is 20.7. The van der Waals surface area contributed by atoms with Crippen molar-refractivity contribution < 1.29 is 9.47 Å². The molecule has 6 heteroatoms. The number of halogens is 1. The van der Waals surface area contributed by atoms with Gasteiger partial charge in [0.25, 0.3) is 5.56 Å². The van der Waals surface area contributed by atoms with Crippen LogP contribution >= 0.6 is 11.6 Å². The van der Waals surface area contributed by atoms with Crippen molar-refractivity contribution in [3.05, 3.63) is 39.8 Å². The van der Waals surface area contributed by atoms with Gasteiger partial charge in [-0.05, 0) is 79.9 Å². The maximum Gasteiger partial charge on any atom is 0.255 e. The normalized spacial score (nSPS) is 27.1. The average Bonchev–Trinajstić information content (AvgIpc) is 2.76. The number of hydrogen-bond donors (Lipinski definition) is 2. The van der Waals surface area contributed by atoms with Crippen molar-refractivity contribution in [2.24, 2.45) is 17.1 Å². The predicted octanol–water partition coefficient (Wildman–Crippen LogP) is 4.65. The smallest absolute Gasteiger partial charge is 0.255 e. The van der Waals surface area contributed by atoms with Crippen LogP contribution in [0.15, 0.2) is 29.2 Å². The van der Waals surface area contributed by atoms with Gasteiger partial charge in [-0.2, -0.15) is 0 Å². The molecule has 1 aromatic heterocycles. The Kier molecular flexibility index (Phi) is 6.19. The van der Waals surface area contributed by atoms with E-state index in [-0.39, 0.29) is 23.1 Å². The number of nitrogens with one attached hydrogen (secondary N) is 1. The second-order valence-electron chi connectivity index (χ2n) is 8.63. The molecule has 2 aliphatic rings. The minimum Gasteiger partial charge on any atom is -0.489 e. The van der Waals surface area contributed by atoms with Gasteiger partial charge < -0.3 is 20.2 Å². The van der Waals surface area contributed by atoms with E-state index < -0.39 is 0 Å². The van der Waals surface area contributed by atoms with E-state index in [1.165, 1.54) is 0 Å². The Morgan fingerprint density at radius 3 is 2.69 bits per heavy atom. The van der Waals surface area contributed by atoms with Crippen LogP contribution in [0.5, 0.6) is 5.75 Å². The van der Waals surface area contributed by atoms with E-state index in [0.717, 1.165) is 63.5 Å². The first-order valence-corrected chi connectivity index (χ1v) is 11.2. The van der Waals surface area contributed by atoms with Crippen molar-refractivity contribution in [1.82, 2.24) is 4.98 Å². The van der Waals surface area contributed by atoms with Crippen LogP contribution in [0.2, 0.25) is 5.02 Å². The number of H-pyrrole nitrogens is 1. The number of aromatic amines is 1. The van der Waals surface area contributed by atoms with Gasteiger partial charge in [-0.3, -0.25) is 4.79 Å². The molecule has 2 heterocycles. The Hall–Kier alpha value is -1.56. The van der Waals surface area contributed by atoms with Crippen molar-refractivity contribution in [3.8, 4) is 5.75 Å². The third-order valence-electron chi connectivity index (χ3n) is 7.20. The molecule has 2 aromatic rings. The van der Waals surface area contributed by atoms with Gasteiger partial charge in [0.2, 0.25) is 0 Å². The molecule has 1 saturated carbocycles. The summed E-state index contributed by atoms with van der Waals surface area (Å²) in [5.41, 5.74) is 6.73. The monoisotopic (exact) mass is 418 g/mol. The Labute approximate surface area is 176 Å². The molecule has 4 rings (SSSR count). The molecule has 3 N–H and O–H groups in total. The number of benzene rings is 1. The van der Waals surface area contributed by atoms with Crippen LogP contribution in [0, 0.1) is 11.3 Å². The summed E-state index contributed by atoms with van der Waals surface area (Å²) >= 11 is 6.43. The van der Waals surface area contributed by atoms with Crippen LogP contribution in [-0.2, 0) is 4.74 Å². The van der Waals surface area contributed by atoms with E-state index in [2.05, 4.69) is 11.9 Å². The van der Waals surface area contributed by atoms with Crippen molar-refractivity contribution in [1.29, 1.82) is 0 Å². The lowest BCUT2D eigenvalue weighted by Gasteiger charge is -2.50. The molecule has 0 unspecified atom stereocenters. The van der Waals surface area contributed by atoms with E-state index in [0.29, 0.717) is 22.1 Å². The fourth-order valence-electron chi connectivity index (χ4n) is 5.47. The molecule has 1 aliphatic heterocycles. The lowest BCUT2D eigenvalue weighted by Crippen LogP contribution is -2.51. The summed E-state index contributed by atoms with van der Waals surface area (Å²) in [6, 6.07) is 5.68. The molecule has 29 heavy (non-hydrogen) atoms. The Balaban J connectivity index is 1.49. The highest BCUT2D eigenvalue weighted by atomic mass is 35.5. The van der Waals surface area contributed by atoms with Gasteiger partial charge in [0.15, 0.2) is 0 Å². The molecule has 1 aliphatic carbocycles. The minimum atomic E-state index is -0.136. The standard InChI is InChI=1S/C23H31ClN2O3/c1-2-21(25)23(16-6-11-28-12-7-16)8-3-17(4-9-23)29-20-13-15-5-10-26-22(27)18(15)14-19(20)24/h5,10,13-14,16-17,21H,2-4,6-9,11-12,25H2,1H3,(H,26,27)/t17-,21-,23-/m1/s1. The van der Waals surface area contributed by atoms with Crippen LogP contribution in [0.25, 0.3) is 10.8 Å². The van der Waals surface area contributed by atoms with Crippen LogP contribution in [0.3, 0.4) is 0 Å². The number of pyridine rings is 1. The molecule has 1 aromatic carbocycles.